The van der Waals surface area contributed by atoms with Crippen LogP contribution >= 0.6 is 11.6 Å². The summed E-state index contributed by atoms with van der Waals surface area (Å²) in [5, 5.41) is -0.157. The van der Waals surface area contributed by atoms with Crippen LogP contribution < -0.4 is 4.74 Å². The third kappa shape index (κ3) is 3.52. The molecule has 0 amide bonds. The van der Waals surface area contributed by atoms with Crippen molar-refractivity contribution in [3.05, 3.63) is 18.1 Å². The van der Waals surface area contributed by atoms with E-state index in [1.165, 1.54) is 6.33 Å². The molecule has 0 aliphatic carbocycles. The van der Waals surface area contributed by atoms with Crippen LogP contribution in [0.2, 0.25) is 0 Å². The average Bonchev–Trinajstić information content (AvgIpc) is 2.40. The van der Waals surface area contributed by atoms with Crippen molar-refractivity contribution in [3.8, 4) is 5.88 Å². The molecule has 17 heavy (non-hydrogen) atoms. The molecule has 0 saturated carbocycles. The minimum Gasteiger partial charge on any atom is -0.481 e. The molecule has 94 valence electrons. The molecule has 2 rings (SSSR count). The Kier molecular flexibility index (Phi) is 4.53. The largest absolute Gasteiger partial charge is 0.481 e. The number of aromatic nitrogens is 2. The Hall–Kier alpha value is -0.910. The normalized spacial score (nSPS) is 22.1. The fraction of sp³-hybridized carbons (Fsp3) is 0.636. The van der Waals surface area contributed by atoms with Crippen molar-refractivity contribution in [2.24, 2.45) is 0 Å². The first kappa shape index (κ1) is 12.5. The summed E-state index contributed by atoms with van der Waals surface area (Å²) < 4.78 is 15.9. The van der Waals surface area contributed by atoms with Gasteiger partial charge < -0.3 is 14.2 Å². The van der Waals surface area contributed by atoms with Crippen LogP contribution in [-0.4, -0.2) is 48.4 Å². The maximum Gasteiger partial charge on any atom is 0.216 e. The summed E-state index contributed by atoms with van der Waals surface area (Å²) in [5.41, 5.74) is 0.839. The fourth-order valence-electron chi connectivity index (χ4n) is 1.65. The van der Waals surface area contributed by atoms with Crippen molar-refractivity contribution >= 4 is 11.6 Å². The number of halogens is 1. The quantitative estimate of drug-likeness (QED) is 0.756. The predicted octanol–water partition coefficient (Wildman–Crippen LogP) is 1.05. The SMILES string of the molecule is COc1cc(CC(Cl)C2COCCO2)ncn1. The van der Waals surface area contributed by atoms with E-state index < -0.39 is 0 Å². The molecule has 1 fully saturated rings. The van der Waals surface area contributed by atoms with Gasteiger partial charge in [0.05, 0.1) is 38.4 Å². The van der Waals surface area contributed by atoms with Gasteiger partial charge in [0, 0.05) is 18.2 Å². The first-order chi connectivity index (χ1) is 8.29. The lowest BCUT2D eigenvalue weighted by Crippen LogP contribution is -2.36. The van der Waals surface area contributed by atoms with Gasteiger partial charge in [0.25, 0.3) is 0 Å². The van der Waals surface area contributed by atoms with Gasteiger partial charge in [0.15, 0.2) is 0 Å². The van der Waals surface area contributed by atoms with Gasteiger partial charge in [0.1, 0.15) is 6.33 Å². The average molecular weight is 259 g/mol. The Morgan fingerprint density at radius 3 is 3.12 bits per heavy atom. The second-order valence-corrected chi connectivity index (χ2v) is 4.32. The lowest BCUT2D eigenvalue weighted by molar-refractivity contribution is -0.0887. The number of nitrogens with zero attached hydrogens (tertiary/aromatic N) is 2. The van der Waals surface area contributed by atoms with Crippen LogP contribution in [0.4, 0.5) is 0 Å². The molecule has 2 unspecified atom stereocenters. The van der Waals surface area contributed by atoms with E-state index in [1.54, 1.807) is 13.2 Å². The van der Waals surface area contributed by atoms with Crippen molar-refractivity contribution in [2.45, 2.75) is 17.9 Å². The van der Waals surface area contributed by atoms with Crippen LogP contribution in [0.15, 0.2) is 12.4 Å². The summed E-state index contributed by atoms with van der Waals surface area (Å²) >= 11 is 6.28. The zero-order valence-corrected chi connectivity index (χ0v) is 10.4. The highest BCUT2D eigenvalue weighted by Gasteiger charge is 2.24. The molecule has 1 aromatic heterocycles. The molecule has 0 spiro atoms. The Balaban J connectivity index is 1.94. The third-order valence-electron chi connectivity index (χ3n) is 2.56. The summed E-state index contributed by atoms with van der Waals surface area (Å²) in [6.45, 7) is 1.78. The monoisotopic (exact) mass is 258 g/mol. The second kappa shape index (κ2) is 6.14. The topological polar surface area (TPSA) is 53.5 Å². The highest BCUT2D eigenvalue weighted by atomic mass is 35.5. The standard InChI is InChI=1S/C11H15ClN2O3/c1-15-11-5-8(13-7-14-11)4-9(12)10-6-16-2-3-17-10/h5,7,9-10H,2-4,6H2,1H3. The number of alkyl halides is 1. The van der Waals surface area contributed by atoms with Crippen LogP contribution in [0, 0.1) is 0 Å². The minimum atomic E-state index is -0.157. The molecule has 1 saturated heterocycles. The highest BCUT2D eigenvalue weighted by molar-refractivity contribution is 6.21. The van der Waals surface area contributed by atoms with Crippen LogP contribution in [0.1, 0.15) is 5.69 Å². The van der Waals surface area contributed by atoms with Gasteiger partial charge >= 0.3 is 0 Å². The molecule has 0 aromatic carbocycles. The van der Waals surface area contributed by atoms with Crippen molar-refractivity contribution < 1.29 is 14.2 Å². The zero-order valence-electron chi connectivity index (χ0n) is 9.63. The van der Waals surface area contributed by atoms with Crippen molar-refractivity contribution in [2.75, 3.05) is 26.9 Å². The Bertz CT molecular complexity index is 358. The molecule has 2 atom stereocenters. The summed E-state index contributed by atoms with van der Waals surface area (Å²) in [4.78, 5) is 8.10. The fourth-order valence-corrected chi connectivity index (χ4v) is 1.95. The summed E-state index contributed by atoms with van der Waals surface area (Å²) in [6.07, 6.45) is 2.00. The van der Waals surface area contributed by atoms with E-state index in [-0.39, 0.29) is 11.5 Å². The van der Waals surface area contributed by atoms with Crippen molar-refractivity contribution in [1.82, 2.24) is 9.97 Å². The van der Waals surface area contributed by atoms with E-state index in [0.29, 0.717) is 32.1 Å². The van der Waals surface area contributed by atoms with E-state index in [0.717, 1.165) is 5.69 Å². The van der Waals surface area contributed by atoms with E-state index in [4.69, 9.17) is 25.8 Å². The van der Waals surface area contributed by atoms with Gasteiger partial charge in [-0.3, -0.25) is 0 Å². The Labute approximate surface area is 105 Å². The number of rotatable bonds is 4. The second-order valence-electron chi connectivity index (χ2n) is 3.76. The maximum absolute atomic E-state index is 6.28. The summed E-state index contributed by atoms with van der Waals surface area (Å²) in [5.74, 6) is 0.541. The molecule has 1 aromatic rings. The summed E-state index contributed by atoms with van der Waals surface area (Å²) in [7, 11) is 1.57. The van der Waals surface area contributed by atoms with Gasteiger partial charge in [-0.2, -0.15) is 0 Å². The molecule has 0 radical (unpaired) electrons. The molecule has 1 aliphatic rings. The maximum atomic E-state index is 6.28. The van der Waals surface area contributed by atoms with E-state index in [1.807, 2.05) is 0 Å². The molecule has 5 nitrogen and oxygen atoms in total. The number of hydrogen-bond acceptors (Lipinski definition) is 5. The van der Waals surface area contributed by atoms with Crippen LogP contribution in [0.5, 0.6) is 5.88 Å². The number of methoxy groups -OCH3 is 1. The zero-order chi connectivity index (χ0) is 12.1. The minimum absolute atomic E-state index is 0.0774. The van der Waals surface area contributed by atoms with E-state index >= 15 is 0 Å². The molecule has 2 heterocycles. The molecule has 6 heteroatoms. The first-order valence-electron chi connectivity index (χ1n) is 5.48. The highest BCUT2D eigenvalue weighted by Crippen LogP contribution is 2.17. The van der Waals surface area contributed by atoms with Gasteiger partial charge in [0.2, 0.25) is 5.88 Å². The Morgan fingerprint density at radius 1 is 1.53 bits per heavy atom. The van der Waals surface area contributed by atoms with Crippen LogP contribution in [0.25, 0.3) is 0 Å². The predicted molar refractivity (Wildman–Crippen MR) is 62.5 cm³/mol. The molecule has 0 N–H and O–H groups in total. The van der Waals surface area contributed by atoms with Crippen LogP contribution in [0.3, 0.4) is 0 Å². The van der Waals surface area contributed by atoms with Gasteiger partial charge in [-0.1, -0.05) is 0 Å². The van der Waals surface area contributed by atoms with Crippen molar-refractivity contribution in [3.63, 3.8) is 0 Å². The smallest absolute Gasteiger partial charge is 0.216 e. The number of hydrogen-bond donors (Lipinski definition) is 0. The number of ether oxygens (including phenoxy) is 3. The first-order valence-corrected chi connectivity index (χ1v) is 5.91. The molecule has 1 aliphatic heterocycles. The molecule has 0 bridgehead atoms. The summed E-state index contributed by atoms with van der Waals surface area (Å²) in [6, 6.07) is 1.78. The van der Waals surface area contributed by atoms with E-state index in [2.05, 4.69) is 9.97 Å². The lowest BCUT2D eigenvalue weighted by atomic mass is 10.1. The van der Waals surface area contributed by atoms with E-state index in [9.17, 15) is 0 Å². The van der Waals surface area contributed by atoms with Gasteiger partial charge in [-0.25, -0.2) is 9.97 Å². The van der Waals surface area contributed by atoms with Gasteiger partial charge in [-0.05, 0) is 0 Å². The van der Waals surface area contributed by atoms with Crippen LogP contribution in [-0.2, 0) is 15.9 Å². The lowest BCUT2D eigenvalue weighted by Gasteiger charge is -2.26. The van der Waals surface area contributed by atoms with Crippen molar-refractivity contribution in [1.29, 1.82) is 0 Å². The Morgan fingerprint density at radius 2 is 2.41 bits per heavy atom. The molecular formula is C11H15ClN2O3. The van der Waals surface area contributed by atoms with Gasteiger partial charge in [-0.15, -0.1) is 11.6 Å². The third-order valence-corrected chi connectivity index (χ3v) is 2.99. The molecular weight excluding hydrogens is 244 g/mol.